The molecular formula is C41H53N3O6S2. The molecule has 52 heavy (non-hydrogen) atoms. The highest BCUT2D eigenvalue weighted by Gasteiger charge is 2.58. The van der Waals surface area contributed by atoms with E-state index in [1.807, 2.05) is 25.3 Å². The van der Waals surface area contributed by atoms with E-state index in [2.05, 4.69) is 59.1 Å². The number of aromatic hydroxyl groups is 1. The average molecular weight is 748 g/mol. The molecular weight excluding hydrogens is 695 g/mol. The molecule has 0 radical (unpaired) electrons. The first-order valence-electron chi connectivity index (χ1n) is 18.5. The number of fused-ring (bicyclic) bond motifs is 1. The van der Waals surface area contributed by atoms with Gasteiger partial charge in [0, 0.05) is 24.2 Å². The summed E-state index contributed by atoms with van der Waals surface area (Å²) in [5.74, 6) is -0.910. The predicted molar refractivity (Wildman–Crippen MR) is 210 cm³/mol. The maximum atomic E-state index is 13.6. The first kappa shape index (κ1) is 39.5. The molecule has 1 aliphatic carbocycles. The summed E-state index contributed by atoms with van der Waals surface area (Å²) in [4.78, 5) is 43.2. The number of nitrogens with zero attached hydrogens (tertiary/aromatic N) is 1. The molecule has 2 aliphatic rings. The van der Waals surface area contributed by atoms with Crippen molar-refractivity contribution in [2.45, 2.75) is 106 Å². The molecule has 1 aliphatic heterocycles. The highest BCUT2D eigenvalue weighted by molar-refractivity contribution is 7.98. The molecule has 11 heteroatoms. The second-order valence-electron chi connectivity index (χ2n) is 14.2. The number of Topliss-reactive ketones (excluding diaryl/α,β-unsaturated/α-hetero) is 1. The molecule has 9 nitrogen and oxygen atoms in total. The lowest BCUT2D eigenvalue weighted by atomic mass is 9.87. The minimum atomic E-state index is -0.957. The third-order valence-corrected chi connectivity index (χ3v) is 12.5. The Labute approximate surface area is 316 Å². The van der Waals surface area contributed by atoms with Crippen LogP contribution >= 0.6 is 23.7 Å². The van der Waals surface area contributed by atoms with E-state index in [0.717, 1.165) is 66.2 Å². The zero-order chi connectivity index (χ0) is 37.3. The Morgan fingerprint density at radius 1 is 1.04 bits per heavy atom. The van der Waals surface area contributed by atoms with Gasteiger partial charge in [0.05, 0.1) is 20.9 Å². The van der Waals surface area contributed by atoms with Crippen LogP contribution < -0.4 is 19.7 Å². The summed E-state index contributed by atoms with van der Waals surface area (Å²) < 4.78 is 10.1. The lowest BCUT2D eigenvalue weighted by Crippen LogP contribution is -2.49. The summed E-state index contributed by atoms with van der Waals surface area (Å²) in [6.07, 6.45) is 10.3. The van der Waals surface area contributed by atoms with Gasteiger partial charge in [0.1, 0.15) is 17.5 Å². The fourth-order valence-electron chi connectivity index (χ4n) is 7.36. The summed E-state index contributed by atoms with van der Waals surface area (Å²) in [5.41, 5.74) is 1.91. The third kappa shape index (κ3) is 9.27. The number of thioether (sulfide) groups is 1. The fraction of sp³-hybridized carbons (Fsp3) is 0.488. The number of carbonyl (C=O) groups excluding carboxylic acids is 2. The fourth-order valence-corrected chi connectivity index (χ4v) is 8.94. The summed E-state index contributed by atoms with van der Waals surface area (Å²) >= 11 is 3.18. The number of carbonyl (C=O) groups is 3. The molecule has 2 unspecified atom stereocenters. The van der Waals surface area contributed by atoms with Gasteiger partial charge >= 0.3 is 5.97 Å². The monoisotopic (exact) mass is 747 g/mol. The minimum Gasteiger partial charge on any atom is -0.508 e. The maximum Gasteiger partial charge on any atom is 0.309 e. The van der Waals surface area contributed by atoms with Gasteiger partial charge in [-0.1, -0.05) is 76.8 Å². The van der Waals surface area contributed by atoms with Gasteiger partial charge in [0.15, 0.2) is 12.4 Å². The smallest absolute Gasteiger partial charge is 0.309 e. The van der Waals surface area contributed by atoms with Gasteiger partial charge in [-0.15, -0.1) is 11.8 Å². The van der Waals surface area contributed by atoms with Gasteiger partial charge in [0.25, 0.3) is 5.91 Å². The number of hydrogen-bond donors (Lipinski definition) is 4. The van der Waals surface area contributed by atoms with Crippen LogP contribution in [-0.2, 0) is 14.4 Å². The van der Waals surface area contributed by atoms with Crippen molar-refractivity contribution < 1.29 is 29.3 Å². The van der Waals surface area contributed by atoms with Crippen LogP contribution in [0.2, 0.25) is 0 Å². The SMILES string of the molecule is CCCCC1(CCCC)CN(c2ccccc2)c2cc(SC)c(OCC(=O)NC(C(=O)CCC3C[C@@]3(CC)C(=O)O)c3ccc(O)cc3)cc2SN1. The number of anilines is 2. The van der Waals surface area contributed by atoms with Crippen molar-refractivity contribution in [2.24, 2.45) is 11.3 Å². The normalized spacial score (nSPS) is 19.6. The van der Waals surface area contributed by atoms with Gasteiger partial charge in [-0.25, -0.2) is 0 Å². The topological polar surface area (TPSA) is 128 Å². The van der Waals surface area contributed by atoms with Gasteiger partial charge in [0.2, 0.25) is 0 Å². The number of phenols is 1. The number of hydrogen-bond acceptors (Lipinski definition) is 9. The highest BCUT2D eigenvalue weighted by Crippen LogP contribution is 2.57. The van der Waals surface area contributed by atoms with Crippen LogP contribution in [0.25, 0.3) is 0 Å². The largest absolute Gasteiger partial charge is 0.508 e. The number of ether oxygens (including phenoxy) is 1. The van der Waals surface area contributed by atoms with Gasteiger partial charge in [-0.3, -0.25) is 19.1 Å². The molecule has 0 aromatic heterocycles. The van der Waals surface area contributed by atoms with Crippen molar-refractivity contribution in [3.05, 3.63) is 72.3 Å². The van der Waals surface area contributed by atoms with E-state index >= 15 is 0 Å². The first-order chi connectivity index (χ1) is 25.1. The number of carboxylic acid groups (broad SMARTS) is 1. The number of unbranched alkanes of at least 4 members (excludes halogenated alkanes) is 2. The van der Waals surface area contributed by atoms with E-state index in [-0.39, 0.29) is 36.0 Å². The minimum absolute atomic E-state index is 0.0516. The zero-order valence-electron chi connectivity index (χ0n) is 30.8. The number of nitrogens with one attached hydrogen (secondary N) is 2. The van der Waals surface area contributed by atoms with Crippen molar-refractivity contribution in [3.63, 3.8) is 0 Å². The molecule has 3 aromatic rings. The number of para-hydroxylation sites is 1. The Balaban J connectivity index is 1.35. The van der Waals surface area contributed by atoms with E-state index in [1.54, 1.807) is 35.8 Å². The lowest BCUT2D eigenvalue weighted by Gasteiger charge is -2.38. The average Bonchev–Trinajstić information content (AvgIpc) is 3.92. The molecule has 0 bridgehead atoms. The second kappa shape index (κ2) is 17.9. The van der Waals surface area contributed by atoms with Crippen LogP contribution in [0.3, 0.4) is 0 Å². The second-order valence-corrected chi connectivity index (χ2v) is 15.9. The van der Waals surface area contributed by atoms with Crippen LogP contribution in [0.1, 0.15) is 96.6 Å². The van der Waals surface area contributed by atoms with E-state index in [0.29, 0.717) is 30.6 Å². The molecule has 1 saturated carbocycles. The van der Waals surface area contributed by atoms with Crippen molar-refractivity contribution in [3.8, 4) is 11.5 Å². The van der Waals surface area contributed by atoms with Crippen molar-refractivity contribution >= 4 is 52.7 Å². The Morgan fingerprint density at radius 2 is 1.73 bits per heavy atom. The molecule has 1 heterocycles. The van der Waals surface area contributed by atoms with Crippen LogP contribution in [0, 0.1) is 11.3 Å². The van der Waals surface area contributed by atoms with Gasteiger partial charge < -0.3 is 25.2 Å². The molecule has 0 spiro atoms. The van der Waals surface area contributed by atoms with E-state index < -0.39 is 23.3 Å². The molecule has 3 aromatic carbocycles. The summed E-state index contributed by atoms with van der Waals surface area (Å²) in [5, 5.41) is 22.4. The first-order valence-corrected chi connectivity index (χ1v) is 20.6. The maximum absolute atomic E-state index is 13.6. The molecule has 3 atom stereocenters. The number of ketones is 1. The standard InChI is InChI=1S/C41H53N3O6S2/c1-5-8-21-40(22-9-6-2)27-44(30-13-11-10-12-14-30)32-23-36(51-4)34(24-35(32)52-43-40)50-26-37(47)42-38(28-15-18-31(45)19-16-28)33(46)20-17-29-25-41(29,7-3)39(48)49/h10-16,18-19,23-24,29,38,43,45H,5-9,17,20-22,25-27H2,1-4H3,(H,42,47)(H,48,49)/t29?,38?,41-/m1/s1. The van der Waals surface area contributed by atoms with E-state index in [4.69, 9.17) is 4.74 Å². The summed E-state index contributed by atoms with van der Waals surface area (Å²) in [6, 6.07) is 19.9. The Morgan fingerprint density at radius 3 is 2.33 bits per heavy atom. The molecule has 0 saturated heterocycles. The van der Waals surface area contributed by atoms with Crippen molar-refractivity contribution in [2.75, 3.05) is 24.3 Å². The third-order valence-electron chi connectivity index (χ3n) is 10.7. The Kier molecular flexibility index (Phi) is 13.6. The number of amides is 1. The van der Waals surface area contributed by atoms with Gasteiger partial charge in [-0.05, 0) is 98.2 Å². The quantitative estimate of drug-likeness (QED) is 0.0697. The lowest BCUT2D eigenvalue weighted by molar-refractivity contribution is -0.144. The molecule has 4 N–H and O–H groups in total. The molecule has 5 rings (SSSR count). The van der Waals surface area contributed by atoms with Crippen molar-refractivity contribution in [1.29, 1.82) is 0 Å². The van der Waals surface area contributed by atoms with Crippen LogP contribution in [0.4, 0.5) is 11.4 Å². The zero-order valence-corrected chi connectivity index (χ0v) is 32.4. The summed E-state index contributed by atoms with van der Waals surface area (Å²) in [7, 11) is 0. The number of aliphatic carboxylic acids is 1. The van der Waals surface area contributed by atoms with Crippen LogP contribution in [0.5, 0.6) is 11.5 Å². The number of benzene rings is 3. The molecule has 1 fully saturated rings. The Bertz CT molecular complexity index is 1680. The number of phenolic OH excluding ortho intramolecular Hbond substituents is 1. The highest BCUT2D eigenvalue weighted by atomic mass is 32.2. The van der Waals surface area contributed by atoms with E-state index in [1.165, 1.54) is 12.1 Å². The van der Waals surface area contributed by atoms with Crippen molar-refractivity contribution in [1.82, 2.24) is 10.0 Å². The van der Waals surface area contributed by atoms with E-state index in [9.17, 15) is 24.6 Å². The number of carboxylic acids is 1. The van der Waals surface area contributed by atoms with Gasteiger partial charge in [-0.2, -0.15) is 0 Å². The predicted octanol–water partition coefficient (Wildman–Crippen LogP) is 9.07. The van der Waals surface area contributed by atoms with Crippen LogP contribution in [0.15, 0.2) is 76.5 Å². The molecule has 1 amide bonds. The molecule has 280 valence electrons. The van der Waals surface area contributed by atoms with Crippen LogP contribution in [-0.4, -0.2) is 52.8 Å². The number of rotatable bonds is 19. The Hall–Kier alpha value is -3.67. The summed E-state index contributed by atoms with van der Waals surface area (Å²) in [6.45, 7) is 6.87.